The maximum atomic E-state index is 12.1. The van der Waals surface area contributed by atoms with Gasteiger partial charge in [-0.05, 0) is 32.0 Å². The molecule has 0 aliphatic rings. The lowest BCUT2D eigenvalue weighted by Gasteiger charge is -2.03. The lowest BCUT2D eigenvalue weighted by atomic mass is 10.1. The monoisotopic (exact) mass is 315 g/mol. The maximum Gasteiger partial charge on any atom is 0.375 e. The number of carbonyl (C=O) groups is 2. The third-order valence-electron chi connectivity index (χ3n) is 3.13. The lowest BCUT2D eigenvalue weighted by molar-refractivity contribution is -0.124. The summed E-state index contributed by atoms with van der Waals surface area (Å²) >= 11 is 0. The second kappa shape index (κ2) is 7.36. The molecule has 0 unspecified atom stereocenters. The summed E-state index contributed by atoms with van der Waals surface area (Å²) in [5, 5.41) is 3.17. The zero-order valence-electron chi connectivity index (χ0n) is 13.0. The van der Waals surface area contributed by atoms with Crippen molar-refractivity contribution in [1.29, 1.82) is 0 Å². The molecule has 1 aromatic carbocycles. The van der Waals surface area contributed by atoms with E-state index in [1.54, 1.807) is 25.1 Å². The molecular formula is C17H17NO5. The number of terminal acetylenes is 1. The molecular weight excluding hydrogens is 298 g/mol. The van der Waals surface area contributed by atoms with Crippen LogP contribution in [0.3, 0.4) is 0 Å². The van der Waals surface area contributed by atoms with Gasteiger partial charge in [0.15, 0.2) is 6.61 Å². The number of furan rings is 1. The fourth-order valence-corrected chi connectivity index (χ4v) is 2.05. The van der Waals surface area contributed by atoms with Gasteiger partial charge in [-0.2, -0.15) is 0 Å². The maximum absolute atomic E-state index is 12.1. The molecule has 2 aromatic rings. The van der Waals surface area contributed by atoms with Gasteiger partial charge in [-0.15, -0.1) is 6.42 Å². The predicted molar refractivity (Wildman–Crippen MR) is 84.2 cm³/mol. The Balaban J connectivity index is 2.13. The summed E-state index contributed by atoms with van der Waals surface area (Å²) in [6, 6.07) is 5.29. The van der Waals surface area contributed by atoms with Crippen molar-refractivity contribution >= 4 is 22.8 Å². The van der Waals surface area contributed by atoms with Crippen LogP contribution >= 0.6 is 0 Å². The fourth-order valence-electron chi connectivity index (χ4n) is 2.05. The first kappa shape index (κ1) is 16.4. The van der Waals surface area contributed by atoms with Crippen LogP contribution in [0.2, 0.25) is 0 Å². The van der Waals surface area contributed by atoms with Crippen molar-refractivity contribution in [2.75, 3.05) is 19.8 Å². The van der Waals surface area contributed by atoms with Gasteiger partial charge in [-0.25, -0.2) is 4.79 Å². The molecule has 0 aliphatic heterocycles. The average molecular weight is 315 g/mol. The fraction of sp³-hybridized carbons (Fsp3) is 0.294. The van der Waals surface area contributed by atoms with Gasteiger partial charge in [-0.1, -0.05) is 5.92 Å². The summed E-state index contributed by atoms with van der Waals surface area (Å²) in [6.45, 7) is 3.85. The van der Waals surface area contributed by atoms with Gasteiger partial charge >= 0.3 is 5.97 Å². The molecule has 120 valence electrons. The zero-order valence-corrected chi connectivity index (χ0v) is 13.0. The molecule has 1 heterocycles. The highest BCUT2D eigenvalue weighted by Crippen LogP contribution is 2.29. The molecule has 1 N–H and O–H groups in total. The van der Waals surface area contributed by atoms with Crippen molar-refractivity contribution in [3.8, 4) is 18.1 Å². The molecule has 1 aromatic heterocycles. The largest absolute Gasteiger partial charge is 0.494 e. The first-order valence-electron chi connectivity index (χ1n) is 7.10. The van der Waals surface area contributed by atoms with Crippen LogP contribution in [-0.2, 0) is 9.53 Å². The minimum absolute atomic E-state index is 0.0680. The first-order chi connectivity index (χ1) is 11.1. The summed E-state index contributed by atoms with van der Waals surface area (Å²) in [7, 11) is 0. The molecule has 23 heavy (non-hydrogen) atoms. The van der Waals surface area contributed by atoms with Gasteiger partial charge in [0.05, 0.1) is 13.2 Å². The molecule has 2 rings (SSSR count). The molecule has 0 fully saturated rings. The van der Waals surface area contributed by atoms with Crippen molar-refractivity contribution in [1.82, 2.24) is 5.32 Å². The summed E-state index contributed by atoms with van der Waals surface area (Å²) in [5.74, 6) is 1.85. The van der Waals surface area contributed by atoms with E-state index in [1.807, 2.05) is 6.92 Å². The Kier molecular flexibility index (Phi) is 5.26. The van der Waals surface area contributed by atoms with Gasteiger partial charge in [0.25, 0.3) is 5.91 Å². The molecule has 0 saturated carbocycles. The molecule has 0 bridgehead atoms. The van der Waals surface area contributed by atoms with Crippen LogP contribution in [0.5, 0.6) is 5.75 Å². The highest BCUT2D eigenvalue weighted by atomic mass is 16.5. The smallest absolute Gasteiger partial charge is 0.375 e. The Morgan fingerprint density at radius 3 is 2.87 bits per heavy atom. The van der Waals surface area contributed by atoms with E-state index in [1.165, 1.54) is 0 Å². The standard InChI is InChI=1S/C17H17NO5/c1-4-8-18-15(19)10-22-17(20)16-11(3)13-9-12(21-5-2)6-7-14(13)23-16/h1,6-7,9H,5,8,10H2,2-3H3,(H,18,19). The van der Waals surface area contributed by atoms with Crippen LogP contribution in [0.15, 0.2) is 22.6 Å². The Morgan fingerprint density at radius 1 is 1.39 bits per heavy atom. The number of rotatable bonds is 6. The van der Waals surface area contributed by atoms with Crippen molar-refractivity contribution < 1.29 is 23.5 Å². The second-order valence-electron chi connectivity index (χ2n) is 4.70. The van der Waals surface area contributed by atoms with Crippen molar-refractivity contribution in [2.24, 2.45) is 0 Å². The van der Waals surface area contributed by atoms with E-state index in [-0.39, 0.29) is 12.3 Å². The van der Waals surface area contributed by atoms with E-state index in [4.69, 9.17) is 20.3 Å². The molecule has 0 radical (unpaired) electrons. The third-order valence-corrected chi connectivity index (χ3v) is 3.13. The Hall–Kier alpha value is -2.94. The summed E-state index contributed by atoms with van der Waals surface area (Å²) in [4.78, 5) is 23.4. The van der Waals surface area contributed by atoms with E-state index in [2.05, 4.69) is 11.2 Å². The molecule has 1 amide bonds. The van der Waals surface area contributed by atoms with E-state index < -0.39 is 18.5 Å². The van der Waals surface area contributed by atoms with E-state index in [9.17, 15) is 9.59 Å². The van der Waals surface area contributed by atoms with Gasteiger partial charge in [0.1, 0.15) is 11.3 Å². The van der Waals surface area contributed by atoms with Gasteiger partial charge < -0.3 is 19.2 Å². The van der Waals surface area contributed by atoms with E-state index >= 15 is 0 Å². The minimum Gasteiger partial charge on any atom is -0.494 e. The Labute approximate surface area is 133 Å². The highest BCUT2D eigenvalue weighted by molar-refractivity contribution is 5.97. The Morgan fingerprint density at radius 2 is 2.17 bits per heavy atom. The normalized spacial score (nSPS) is 10.1. The van der Waals surface area contributed by atoms with Crippen LogP contribution in [0.1, 0.15) is 23.0 Å². The van der Waals surface area contributed by atoms with Crippen LogP contribution in [0.25, 0.3) is 11.0 Å². The van der Waals surface area contributed by atoms with Crippen LogP contribution < -0.4 is 10.1 Å². The van der Waals surface area contributed by atoms with E-state index in [0.717, 1.165) is 5.39 Å². The topological polar surface area (TPSA) is 77.8 Å². The van der Waals surface area contributed by atoms with E-state index in [0.29, 0.717) is 23.5 Å². The molecule has 0 aliphatic carbocycles. The Bertz CT molecular complexity index is 769. The minimum atomic E-state index is -0.701. The molecule has 6 nitrogen and oxygen atoms in total. The van der Waals surface area contributed by atoms with Crippen LogP contribution in [-0.4, -0.2) is 31.6 Å². The number of ether oxygens (including phenoxy) is 2. The predicted octanol–water partition coefficient (Wildman–Crippen LogP) is 2.05. The number of nitrogens with one attached hydrogen (secondary N) is 1. The number of aryl methyl sites for hydroxylation is 1. The molecule has 0 spiro atoms. The number of carbonyl (C=O) groups excluding carboxylic acids is 2. The number of fused-ring (bicyclic) bond motifs is 1. The molecule has 6 heteroatoms. The summed E-state index contributed by atoms with van der Waals surface area (Å²) < 4.78 is 15.9. The van der Waals surface area contributed by atoms with Crippen molar-refractivity contribution in [2.45, 2.75) is 13.8 Å². The molecule has 0 atom stereocenters. The second-order valence-corrected chi connectivity index (χ2v) is 4.70. The number of amides is 1. The SMILES string of the molecule is C#CCNC(=O)COC(=O)c1oc2ccc(OCC)cc2c1C. The number of hydrogen-bond donors (Lipinski definition) is 1. The number of esters is 1. The number of hydrogen-bond acceptors (Lipinski definition) is 5. The summed E-state index contributed by atoms with van der Waals surface area (Å²) in [5.41, 5.74) is 1.19. The third kappa shape index (κ3) is 3.83. The summed E-state index contributed by atoms with van der Waals surface area (Å²) in [6.07, 6.45) is 5.02. The van der Waals surface area contributed by atoms with Crippen molar-refractivity contribution in [3.63, 3.8) is 0 Å². The highest BCUT2D eigenvalue weighted by Gasteiger charge is 2.20. The zero-order chi connectivity index (χ0) is 16.8. The number of benzene rings is 1. The first-order valence-corrected chi connectivity index (χ1v) is 7.10. The quantitative estimate of drug-likeness (QED) is 0.652. The van der Waals surface area contributed by atoms with Gasteiger partial charge in [0, 0.05) is 10.9 Å². The lowest BCUT2D eigenvalue weighted by Crippen LogP contribution is -2.29. The molecule has 0 saturated heterocycles. The van der Waals surface area contributed by atoms with Crippen LogP contribution in [0, 0.1) is 19.3 Å². The van der Waals surface area contributed by atoms with Gasteiger partial charge in [-0.3, -0.25) is 4.79 Å². The average Bonchev–Trinajstić information content (AvgIpc) is 2.88. The van der Waals surface area contributed by atoms with Crippen LogP contribution in [0.4, 0.5) is 0 Å². The van der Waals surface area contributed by atoms with Gasteiger partial charge in [0.2, 0.25) is 5.76 Å². The van der Waals surface area contributed by atoms with Crippen molar-refractivity contribution in [3.05, 3.63) is 29.5 Å².